The first kappa shape index (κ1) is 30.2. The molecule has 8 nitrogen and oxygen atoms in total. The number of hydrogen-bond acceptors (Lipinski definition) is 8. The molecule has 0 aromatic heterocycles. The third-order valence-corrected chi connectivity index (χ3v) is 11.5. The fourth-order valence-electron chi connectivity index (χ4n) is 9.52. The lowest BCUT2D eigenvalue weighted by Gasteiger charge is -2.59. The van der Waals surface area contributed by atoms with Gasteiger partial charge in [0.05, 0.1) is 12.2 Å². The first-order chi connectivity index (χ1) is 21.4. The second-order valence-corrected chi connectivity index (χ2v) is 13.7. The molecule has 9 atom stereocenters. The number of halogens is 2. The van der Waals surface area contributed by atoms with E-state index < -0.39 is 64.7 Å². The van der Waals surface area contributed by atoms with Crippen LogP contribution in [0.4, 0.5) is 14.5 Å². The summed E-state index contributed by atoms with van der Waals surface area (Å²) in [5, 5.41) is 22.0. The van der Waals surface area contributed by atoms with Crippen LogP contribution >= 0.6 is 0 Å². The third kappa shape index (κ3) is 4.29. The van der Waals surface area contributed by atoms with Crippen molar-refractivity contribution in [3.63, 3.8) is 0 Å². The van der Waals surface area contributed by atoms with Gasteiger partial charge in [0.25, 0.3) is 0 Å². The first-order valence-electron chi connectivity index (χ1n) is 15.5. The van der Waals surface area contributed by atoms with Crippen LogP contribution in [0.2, 0.25) is 0 Å². The van der Waals surface area contributed by atoms with Crippen LogP contribution in [0.3, 0.4) is 0 Å². The number of fused-ring (bicyclic) bond motifs is 7. The van der Waals surface area contributed by atoms with E-state index in [1.165, 1.54) is 6.07 Å². The molecule has 2 aromatic carbocycles. The molecule has 1 heterocycles. The van der Waals surface area contributed by atoms with Crippen molar-refractivity contribution in [2.45, 2.75) is 70.2 Å². The Morgan fingerprint density at radius 3 is 2.76 bits per heavy atom. The van der Waals surface area contributed by atoms with Crippen molar-refractivity contribution in [3.05, 3.63) is 83.0 Å². The highest BCUT2D eigenvalue weighted by Gasteiger charge is 2.76. The predicted molar refractivity (Wildman–Crippen MR) is 158 cm³/mol. The Bertz CT molecular complexity index is 1640. The zero-order valence-electron chi connectivity index (χ0n) is 25.2. The molecule has 0 radical (unpaired) electrons. The van der Waals surface area contributed by atoms with Crippen LogP contribution in [-0.2, 0) is 25.7 Å². The van der Waals surface area contributed by atoms with E-state index in [9.17, 15) is 24.2 Å². The van der Waals surface area contributed by atoms with Gasteiger partial charge in [0.2, 0.25) is 0 Å². The summed E-state index contributed by atoms with van der Waals surface area (Å²) in [6.45, 7) is 2.99. The van der Waals surface area contributed by atoms with E-state index in [1.807, 2.05) is 13.0 Å². The Morgan fingerprint density at radius 1 is 1.20 bits per heavy atom. The number of benzene rings is 2. The van der Waals surface area contributed by atoms with Crippen molar-refractivity contribution in [2.24, 2.45) is 28.6 Å². The number of hydrogen-bond donors (Lipinski definition) is 3. The molecule has 4 aliphatic carbocycles. The van der Waals surface area contributed by atoms with Crippen molar-refractivity contribution >= 4 is 17.3 Å². The second kappa shape index (κ2) is 10.6. The van der Waals surface area contributed by atoms with E-state index in [0.717, 1.165) is 11.6 Å². The molecule has 5 aliphatic rings. The van der Waals surface area contributed by atoms with Crippen LogP contribution in [0, 0.1) is 40.2 Å². The van der Waals surface area contributed by atoms with Gasteiger partial charge in [-0.1, -0.05) is 37.6 Å². The Morgan fingerprint density at radius 2 is 2.00 bits per heavy atom. The maximum Gasteiger partial charge on any atom is 0.193 e. The Balaban J connectivity index is 1.21. The highest BCUT2D eigenvalue weighted by atomic mass is 19.1. The van der Waals surface area contributed by atoms with E-state index >= 15 is 4.39 Å². The lowest BCUT2D eigenvalue weighted by Crippen LogP contribution is -2.63. The van der Waals surface area contributed by atoms with Gasteiger partial charge >= 0.3 is 0 Å². The normalized spacial score (nSPS) is 38.2. The van der Waals surface area contributed by atoms with Crippen molar-refractivity contribution in [1.82, 2.24) is 0 Å². The lowest BCUT2D eigenvalue weighted by molar-refractivity contribution is -0.201. The average molecular weight is 622 g/mol. The van der Waals surface area contributed by atoms with Gasteiger partial charge in [0.15, 0.2) is 40.8 Å². The summed E-state index contributed by atoms with van der Waals surface area (Å²) in [6.07, 6.45) is 4.07. The lowest BCUT2D eigenvalue weighted by atomic mass is 9.46. The van der Waals surface area contributed by atoms with Crippen LogP contribution in [0.25, 0.3) is 0 Å². The van der Waals surface area contributed by atoms with Crippen molar-refractivity contribution in [2.75, 3.05) is 12.3 Å². The molecule has 7 rings (SSSR count). The minimum absolute atomic E-state index is 0.0204. The molecular weight excluding hydrogens is 584 g/mol. The SMILES string of the molecule is C[C@]12C=CC(=O)C=C1CC[C@@H]1[C@@H]2[C@@H](O)C[C@@]2(C)[C@H]1C[C@H]1O[C@@H](c3ccc(F)c(OCc4cccc(N)c4)c3F)O[C@]12C(=O)CO. The predicted octanol–water partition coefficient (Wildman–Crippen LogP) is 4.73. The summed E-state index contributed by atoms with van der Waals surface area (Å²) < 4.78 is 49.1. The van der Waals surface area contributed by atoms with Crippen LogP contribution in [-0.4, -0.2) is 46.2 Å². The maximum absolute atomic E-state index is 15.9. The quantitative estimate of drug-likeness (QED) is 0.395. The summed E-state index contributed by atoms with van der Waals surface area (Å²) in [6, 6.07) is 9.03. The Labute approximate surface area is 259 Å². The number of ketones is 2. The molecule has 4 N–H and O–H groups in total. The largest absolute Gasteiger partial charge is 0.483 e. The molecule has 0 amide bonds. The molecule has 238 valence electrons. The summed E-state index contributed by atoms with van der Waals surface area (Å²) in [7, 11) is 0. The first-order valence-corrected chi connectivity index (χ1v) is 15.5. The number of aliphatic hydroxyl groups is 2. The molecule has 0 spiro atoms. The van der Waals surface area contributed by atoms with Crippen LogP contribution in [0.15, 0.2) is 60.2 Å². The molecule has 4 fully saturated rings. The molecule has 3 saturated carbocycles. The van der Waals surface area contributed by atoms with E-state index in [2.05, 4.69) is 6.92 Å². The Hall–Kier alpha value is -3.44. The summed E-state index contributed by atoms with van der Waals surface area (Å²) in [5.74, 6) is -3.52. The van der Waals surface area contributed by atoms with E-state index in [1.54, 1.807) is 36.4 Å². The van der Waals surface area contributed by atoms with Gasteiger partial charge in [0, 0.05) is 28.0 Å². The molecular formula is C35H37F2NO7. The highest BCUT2D eigenvalue weighted by Crippen LogP contribution is 2.70. The van der Waals surface area contributed by atoms with E-state index in [4.69, 9.17) is 19.9 Å². The Kier molecular flexibility index (Phi) is 7.09. The van der Waals surface area contributed by atoms with Gasteiger partial charge in [-0.2, -0.15) is 0 Å². The molecule has 0 bridgehead atoms. The van der Waals surface area contributed by atoms with Gasteiger partial charge in [-0.3, -0.25) is 9.59 Å². The molecule has 45 heavy (non-hydrogen) atoms. The van der Waals surface area contributed by atoms with Gasteiger partial charge in [-0.15, -0.1) is 0 Å². The monoisotopic (exact) mass is 621 g/mol. The average Bonchev–Trinajstić information content (AvgIpc) is 3.49. The molecule has 1 saturated heterocycles. The second-order valence-electron chi connectivity index (χ2n) is 13.7. The van der Waals surface area contributed by atoms with Crippen molar-refractivity contribution in [1.29, 1.82) is 0 Å². The standard InChI is InChI=1S/C35H37F2NO7/c1-33-11-10-21(40)13-19(33)6-7-22-24-14-28-35(27(42)16-39,34(24,2)15-26(41)29(22)33)45-32(44-28)23-8-9-25(36)31(30(23)37)43-17-18-4-3-5-20(38)12-18/h3-5,8-13,22,24,26,28-29,32,39,41H,6-7,14-17,38H2,1-2H3/t22-,24-,26-,28+,29+,32+,33-,34-,35+/m0/s1. The number of anilines is 1. The van der Waals surface area contributed by atoms with Gasteiger partial charge in [0.1, 0.15) is 13.2 Å². The summed E-state index contributed by atoms with van der Waals surface area (Å²) >= 11 is 0. The summed E-state index contributed by atoms with van der Waals surface area (Å²) in [4.78, 5) is 25.9. The number of nitrogens with two attached hydrogens (primary N) is 1. The minimum atomic E-state index is -1.66. The van der Waals surface area contributed by atoms with E-state index in [-0.39, 0.29) is 42.1 Å². The van der Waals surface area contributed by atoms with Gasteiger partial charge in [-0.05, 0) is 79.5 Å². The number of carbonyl (C=O) groups is 2. The van der Waals surface area contributed by atoms with Crippen LogP contribution in [0.5, 0.6) is 5.75 Å². The third-order valence-electron chi connectivity index (χ3n) is 11.5. The fourth-order valence-corrected chi connectivity index (χ4v) is 9.52. The smallest absolute Gasteiger partial charge is 0.193 e. The molecule has 0 unspecified atom stereocenters. The number of nitrogen functional groups attached to an aromatic ring is 1. The number of carbonyl (C=O) groups excluding carboxylic acids is 2. The number of ether oxygens (including phenoxy) is 3. The topological polar surface area (TPSA) is 128 Å². The van der Waals surface area contributed by atoms with Crippen molar-refractivity contribution < 1.29 is 42.8 Å². The van der Waals surface area contributed by atoms with E-state index in [0.29, 0.717) is 30.5 Å². The van der Waals surface area contributed by atoms with Crippen molar-refractivity contribution in [3.8, 4) is 5.75 Å². The van der Waals surface area contributed by atoms with Gasteiger partial charge < -0.3 is 30.2 Å². The molecule has 2 aromatic rings. The summed E-state index contributed by atoms with van der Waals surface area (Å²) in [5.41, 5.74) is 4.67. The number of Topliss-reactive ketones (excluding diaryl/α,β-unsaturated/α-hetero) is 1. The van der Waals surface area contributed by atoms with Gasteiger partial charge in [-0.25, -0.2) is 8.78 Å². The highest BCUT2D eigenvalue weighted by molar-refractivity contribution is 6.01. The fraction of sp³-hybridized carbons (Fsp3) is 0.486. The zero-order valence-corrected chi connectivity index (χ0v) is 25.2. The number of allylic oxidation sites excluding steroid dienone is 4. The minimum Gasteiger partial charge on any atom is -0.483 e. The number of aliphatic hydroxyl groups excluding tert-OH is 2. The molecule has 10 heteroatoms. The zero-order chi connectivity index (χ0) is 31.9. The molecule has 1 aliphatic heterocycles. The van der Waals surface area contributed by atoms with Crippen LogP contribution < -0.4 is 10.5 Å². The maximum atomic E-state index is 15.9. The van der Waals surface area contributed by atoms with Crippen LogP contribution in [0.1, 0.15) is 56.9 Å². The number of rotatable bonds is 6.